The molecule has 0 spiro atoms. The molecule has 186 valence electrons. The molecule has 35 heavy (non-hydrogen) atoms. The quantitative estimate of drug-likeness (QED) is 0.387. The lowest BCUT2D eigenvalue weighted by molar-refractivity contribution is -0.140. The van der Waals surface area contributed by atoms with Gasteiger partial charge in [-0.05, 0) is 35.6 Å². The van der Waals surface area contributed by atoms with Crippen molar-refractivity contribution in [1.82, 2.24) is 9.80 Å². The summed E-state index contributed by atoms with van der Waals surface area (Å²) in [6, 6.07) is 11.9. The van der Waals surface area contributed by atoms with Gasteiger partial charge >= 0.3 is 0 Å². The van der Waals surface area contributed by atoms with Gasteiger partial charge in [0.15, 0.2) is 0 Å². The van der Waals surface area contributed by atoms with Gasteiger partial charge in [-0.15, -0.1) is 0 Å². The van der Waals surface area contributed by atoms with E-state index in [1.807, 2.05) is 31.2 Å². The second-order valence-corrected chi connectivity index (χ2v) is 10.3. The minimum atomic E-state index is -0.745. The number of aromatic hydroxyl groups is 1. The third kappa shape index (κ3) is 5.11. The van der Waals surface area contributed by atoms with Gasteiger partial charge in [0.05, 0.1) is 30.4 Å². The van der Waals surface area contributed by atoms with Crippen LogP contribution in [0.1, 0.15) is 49.1 Å². The molecule has 0 unspecified atom stereocenters. The number of carbonyl (C=O) groups excluding carboxylic acids is 2. The van der Waals surface area contributed by atoms with Crippen LogP contribution in [0.2, 0.25) is 0 Å². The van der Waals surface area contributed by atoms with E-state index in [4.69, 9.17) is 4.74 Å². The molecular weight excluding hydrogens is 444 g/mol. The maximum absolute atomic E-state index is 13.3. The summed E-state index contributed by atoms with van der Waals surface area (Å²) in [4.78, 5) is 30.2. The van der Waals surface area contributed by atoms with Crippen molar-refractivity contribution in [3.05, 3.63) is 70.3 Å². The van der Waals surface area contributed by atoms with Crippen molar-refractivity contribution in [1.29, 1.82) is 0 Å². The van der Waals surface area contributed by atoms with Crippen molar-refractivity contribution >= 4 is 17.4 Å². The Morgan fingerprint density at radius 1 is 1.03 bits per heavy atom. The lowest BCUT2D eigenvalue weighted by atomic mass is 9.85. The number of benzene rings is 2. The molecule has 2 aliphatic rings. The SMILES string of the molecule is Cc1ccc(O)c(C(O)=C2C(=O)C(=O)N(CCN3CCOCC3)[C@@H]2c2ccc(C(C)(C)C)cc2)c1. The fourth-order valence-corrected chi connectivity index (χ4v) is 4.68. The van der Waals surface area contributed by atoms with Gasteiger partial charge < -0.3 is 19.8 Å². The number of morpholine rings is 1. The van der Waals surface area contributed by atoms with Gasteiger partial charge in [0.25, 0.3) is 11.7 Å². The van der Waals surface area contributed by atoms with Crippen LogP contribution in [0.25, 0.3) is 5.76 Å². The van der Waals surface area contributed by atoms with E-state index in [1.54, 1.807) is 17.0 Å². The van der Waals surface area contributed by atoms with E-state index in [-0.39, 0.29) is 28.1 Å². The largest absolute Gasteiger partial charge is 0.507 e. The van der Waals surface area contributed by atoms with Crippen molar-refractivity contribution in [2.45, 2.75) is 39.2 Å². The summed E-state index contributed by atoms with van der Waals surface area (Å²) in [6.45, 7) is 12.0. The molecule has 2 saturated heterocycles. The average molecular weight is 479 g/mol. The smallest absolute Gasteiger partial charge is 0.295 e. The van der Waals surface area contributed by atoms with E-state index in [9.17, 15) is 19.8 Å². The Hall–Kier alpha value is -3.16. The van der Waals surface area contributed by atoms with Crippen LogP contribution in [0.15, 0.2) is 48.0 Å². The van der Waals surface area contributed by atoms with Gasteiger partial charge in [-0.2, -0.15) is 0 Å². The third-order valence-electron chi connectivity index (χ3n) is 6.80. The maximum atomic E-state index is 13.3. The summed E-state index contributed by atoms with van der Waals surface area (Å²) in [6.07, 6.45) is 0. The number of aryl methyl sites for hydroxylation is 1. The molecule has 7 nitrogen and oxygen atoms in total. The Labute approximate surface area is 206 Å². The van der Waals surface area contributed by atoms with Crippen LogP contribution in [-0.2, 0) is 19.7 Å². The second kappa shape index (κ2) is 9.84. The molecule has 2 heterocycles. The first-order chi connectivity index (χ1) is 16.6. The number of nitrogens with zero attached hydrogens (tertiary/aromatic N) is 2. The first kappa shape index (κ1) is 24.9. The van der Waals surface area contributed by atoms with Crippen molar-refractivity contribution in [2.24, 2.45) is 0 Å². The number of hydrogen-bond acceptors (Lipinski definition) is 6. The summed E-state index contributed by atoms with van der Waals surface area (Å²) in [5, 5.41) is 21.7. The summed E-state index contributed by atoms with van der Waals surface area (Å²) in [5.41, 5.74) is 2.78. The van der Waals surface area contributed by atoms with Crippen LogP contribution in [0, 0.1) is 6.92 Å². The number of rotatable bonds is 5. The molecule has 0 bridgehead atoms. The van der Waals surface area contributed by atoms with Gasteiger partial charge in [0.1, 0.15) is 11.5 Å². The van der Waals surface area contributed by atoms with Gasteiger partial charge in [0.2, 0.25) is 0 Å². The Morgan fingerprint density at radius 3 is 2.31 bits per heavy atom. The van der Waals surface area contributed by atoms with Crippen molar-refractivity contribution < 1.29 is 24.5 Å². The predicted molar refractivity (Wildman–Crippen MR) is 134 cm³/mol. The Morgan fingerprint density at radius 2 is 1.69 bits per heavy atom. The minimum absolute atomic E-state index is 0.00128. The standard InChI is InChI=1S/C28H34N2O5/c1-18-5-10-22(31)21(17-18)25(32)23-24(19-6-8-20(9-7-19)28(2,3)4)30(27(34)26(23)33)12-11-29-13-15-35-16-14-29/h5-10,17,24,31-32H,11-16H2,1-4H3/t24-/m1/s1. The normalized spacial score (nSPS) is 21.0. The molecule has 2 N–H and O–H groups in total. The number of likely N-dealkylation sites (tertiary alicyclic amines) is 1. The van der Waals surface area contributed by atoms with Crippen LogP contribution in [-0.4, -0.2) is 71.1 Å². The summed E-state index contributed by atoms with van der Waals surface area (Å²) >= 11 is 0. The molecule has 0 aromatic heterocycles. The first-order valence-corrected chi connectivity index (χ1v) is 12.1. The fraction of sp³-hybridized carbons (Fsp3) is 0.429. The van der Waals surface area contributed by atoms with Crippen molar-refractivity contribution in [2.75, 3.05) is 39.4 Å². The van der Waals surface area contributed by atoms with E-state index in [0.717, 1.165) is 29.8 Å². The number of ether oxygens (including phenoxy) is 1. The van der Waals surface area contributed by atoms with Crippen LogP contribution >= 0.6 is 0 Å². The lowest BCUT2D eigenvalue weighted by Gasteiger charge is -2.31. The molecule has 2 aliphatic heterocycles. The van der Waals surface area contributed by atoms with Gasteiger partial charge in [-0.1, -0.05) is 56.7 Å². The Kier molecular flexibility index (Phi) is 7.01. The van der Waals surface area contributed by atoms with E-state index in [2.05, 4.69) is 25.7 Å². The zero-order valence-electron chi connectivity index (χ0n) is 20.9. The highest BCUT2D eigenvalue weighted by atomic mass is 16.5. The number of phenols is 1. The number of aliphatic hydroxyl groups excluding tert-OH is 1. The molecule has 0 radical (unpaired) electrons. The monoisotopic (exact) mass is 478 g/mol. The molecule has 1 atom stereocenters. The molecule has 7 heteroatoms. The van der Waals surface area contributed by atoms with E-state index >= 15 is 0 Å². The maximum Gasteiger partial charge on any atom is 0.295 e. The molecule has 2 aromatic carbocycles. The number of hydrogen-bond donors (Lipinski definition) is 2. The summed E-state index contributed by atoms with van der Waals surface area (Å²) in [7, 11) is 0. The Balaban J connectivity index is 1.78. The topological polar surface area (TPSA) is 90.3 Å². The minimum Gasteiger partial charge on any atom is -0.507 e. The number of Topliss-reactive ketones (excluding diaryl/α,β-unsaturated/α-hetero) is 1. The van der Waals surface area contributed by atoms with E-state index < -0.39 is 17.7 Å². The van der Waals surface area contributed by atoms with E-state index in [0.29, 0.717) is 26.3 Å². The summed E-state index contributed by atoms with van der Waals surface area (Å²) in [5.74, 6) is -1.88. The molecule has 2 fully saturated rings. The highest BCUT2D eigenvalue weighted by Gasteiger charge is 2.46. The van der Waals surface area contributed by atoms with E-state index in [1.165, 1.54) is 6.07 Å². The zero-order chi connectivity index (χ0) is 25.3. The van der Waals surface area contributed by atoms with Crippen molar-refractivity contribution in [3.8, 4) is 5.75 Å². The predicted octanol–water partition coefficient (Wildman–Crippen LogP) is 3.75. The van der Waals surface area contributed by atoms with Gasteiger partial charge in [-0.3, -0.25) is 14.5 Å². The van der Waals surface area contributed by atoms with Crippen LogP contribution in [0.3, 0.4) is 0 Å². The average Bonchev–Trinajstić information content (AvgIpc) is 3.09. The molecule has 0 aliphatic carbocycles. The highest BCUT2D eigenvalue weighted by molar-refractivity contribution is 6.46. The lowest BCUT2D eigenvalue weighted by Crippen LogP contribution is -2.42. The number of carbonyl (C=O) groups is 2. The first-order valence-electron chi connectivity index (χ1n) is 12.1. The number of phenolic OH excluding ortho intramolecular Hbond substituents is 1. The highest BCUT2D eigenvalue weighted by Crippen LogP contribution is 2.41. The van der Waals surface area contributed by atoms with Crippen LogP contribution in [0.5, 0.6) is 5.75 Å². The molecule has 0 saturated carbocycles. The molecular formula is C28H34N2O5. The van der Waals surface area contributed by atoms with Crippen LogP contribution in [0.4, 0.5) is 0 Å². The fourth-order valence-electron chi connectivity index (χ4n) is 4.68. The van der Waals surface area contributed by atoms with Gasteiger partial charge in [-0.25, -0.2) is 0 Å². The van der Waals surface area contributed by atoms with Crippen molar-refractivity contribution in [3.63, 3.8) is 0 Å². The number of ketones is 1. The van der Waals surface area contributed by atoms with Crippen LogP contribution < -0.4 is 0 Å². The molecule has 2 aromatic rings. The zero-order valence-corrected chi connectivity index (χ0v) is 20.9. The summed E-state index contributed by atoms with van der Waals surface area (Å²) < 4.78 is 5.42. The molecule has 4 rings (SSSR count). The third-order valence-corrected chi connectivity index (χ3v) is 6.80. The molecule has 1 amide bonds. The number of aliphatic hydroxyl groups is 1. The Bertz CT molecular complexity index is 1140. The van der Waals surface area contributed by atoms with Gasteiger partial charge in [0, 0.05) is 26.2 Å². The second-order valence-electron chi connectivity index (χ2n) is 10.3. The number of amides is 1.